The molecule has 20 heavy (non-hydrogen) atoms. The molecule has 1 rings (SSSR count). The molecule has 1 unspecified atom stereocenters. The van der Waals surface area contributed by atoms with Crippen LogP contribution in [0.4, 0.5) is 13.2 Å². The van der Waals surface area contributed by atoms with Gasteiger partial charge in [0.1, 0.15) is 0 Å². The summed E-state index contributed by atoms with van der Waals surface area (Å²) in [6.07, 6.45) is -1.62. The van der Waals surface area contributed by atoms with Crippen molar-refractivity contribution in [3.05, 3.63) is 12.7 Å². The van der Waals surface area contributed by atoms with Gasteiger partial charge in [-0.25, -0.2) is 0 Å². The van der Waals surface area contributed by atoms with Crippen LogP contribution in [-0.2, 0) is 0 Å². The summed E-state index contributed by atoms with van der Waals surface area (Å²) in [6, 6.07) is 0. The Bertz CT molecular complexity index is 328. The lowest BCUT2D eigenvalue weighted by atomic mass is 10.1. The number of aliphatic imine (C=N–C) groups is 1. The van der Waals surface area contributed by atoms with Crippen LogP contribution >= 0.6 is 0 Å². The second kappa shape index (κ2) is 8.14. The van der Waals surface area contributed by atoms with Gasteiger partial charge in [0.2, 0.25) is 0 Å². The minimum absolute atomic E-state index is 0.191. The fourth-order valence-electron chi connectivity index (χ4n) is 2.19. The van der Waals surface area contributed by atoms with Gasteiger partial charge >= 0.3 is 6.18 Å². The smallest absolute Gasteiger partial charge is 0.357 e. The molecule has 1 heterocycles. The number of guanidine groups is 1. The molecule has 0 aliphatic carbocycles. The lowest BCUT2D eigenvalue weighted by molar-refractivity contribution is -0.143. The van der Waals surface area contributed by atoms with Gasteiger partial charge in [0.05, 0.1) is 6.54 Å². The first-order valence-electron chi connectivity index (χ1n) is 6.86. The van der Waals surface area contributed by atoms with E-state index in [1.54, 1.807) is 6.08 Å². The standard InChI is InChI=1S/C13H23F3N4/c1-3-6-18-12(17-4-2)19-8-11-5-7-20(9-11)10-13(14,15)16/h3,11H,1,4-10H2,2H3,(H2,17,18,19). The van der Waals surface area contributed by atoms with Gasteiger partial charge in [-0.05, 0) is 25.8 Å². The first kappa shape index (κ1) is 16.8. The first-order chi connectivity index (χ1) is 9.44. The highest BCUT2D eigenvalue weighted by molar-refractivity contribution is 5.79. The summed E-state index contributed by atoms with van der Waals surface area (Å²) in [5.41, 5.74) is 0. The average molecular weight is 292 g/mol. The van der Waals surface area contributed by atoms with Crippen LogP contribution in [0.25, 0.3) is 0 Å². The summed E-state index contributed by atoms with van der Waals surface area (Å²) in [7, 11) is 0. The summed E-state index contributed by atoms with van der Waals surface area (Å²) in [4.78, 5) is 5.85. The van der Waals surface area contributed by atoms with E-state index in [0.717, 1.165) is 13.0 Å². The molecule has 7 heteroatoms. The Morgan fingerprint density at radius 3 is 2.80 bits per heavy atom. The molecule has 0 spiro atoms. The van der Waals surface area contributed by atoms with E-state index in [4.69, 9.17) is 0 Å². The normalized spacial score (nSPS) is 21.0. The summed E-state index contributed by atoms with van der Waals surface area (Å²) < 4.78 is 36.9. The van der Waals surface area contributed by atoms with E-state index in [0.29, 0.717) is 32.1 Å². The van der Waals surface area contributed by atoms with Crippen molar-refractivity contribution in [2.24, 2.45) is 10.9 Å². The number of nitrogens with zero attached hydrogens (tertiary/aromatic N) is 2. The topological polar surface area (TPSA) is 39.7 Å². The Morgan fingerprint density at radius 1 is 1.45 bits per heavy atom. The van der Waals surface area contributed by atoms with Gasteiger partial charge in [0.15, 0.2) is 5.96 Å². The van der Waals surface area contributed by atoms with E-state index in [9.17, 15) is 13.2 Å². The molecule has 0 aromatic carbocycles. The lowest BCUT2D eigenvalue weighted by Gasteiger charge is -2.17. The highest BCUT2D eigenvalue weighted by Gasteiger charge is 2.34. The van der Waals surface area contributed by atoms with Gasteiger partial charge in [-0.2, -0.15) is 13.2 Å². The molecule has 116 valence electrons. The van der Waals surface area contributed by atoms with Crippen molar-refractivity contribution < 1.29 is 13.2 Å². The van der Waals surface area contributed by atoms with Crippen LogP contribution in [0.5, 0.6) is 0 Å². The van der Waals surface area contributed by atoms with Gasteiger partial charge in [0.25, 0.3) is 0 Å². The first-order valence-corrected chi connectivity index (χ1v) is 6.86. The zero-order valence-corrected chi connectivity index (χ0v) is 11.8. The summed E-state index contributed by atoms with van der Waals surface area (Å²) >= 11 is 0. The number of rotatable bonds is 6. The molecular weight excluding hydrogens is 269 g/mol. The van der Waals surface area contributed by atoms with Crippen LogP contribution in [0.1, 0.15) is 13.3 Å². The van der Waals surface area contributed by atoms with Crippen LogP contribution in [0.15, 0.2) is 17.6 Å². The zero-order chi connectivity index (χ0) is 15.0. The maximum atomic E-state index is 12.3. The molecule has 1 aliphatic rings. The molecule has 0 aromatic rings. The molecule has 0 amide bonds. The fraction of sp³-hybridized carbons (Fsp3) is 0.769. The van der Waals surface area contributed by atoms with Crippen molar-refractivity contribution in [2.45, 2.75) is 19.5 Å². The Kier molecular flexibility index (Phi) is 6.84. The van der Waals surface area contributed by atoms with E-state index in [1.807, 2.05) is 6.92 Å². The maximum Gasteiger partial charge on any atom is 0.401 e. The molecule has 0 saturated carbocycles. The second-order valence-electron chi connectivity index (χ2n) is 4.89. The fourth-order valence-corrected chi connectivity index (χ4v) is 2.19. The van der Waals surface area contributed by atoms with Crippen molar-refractivity contribution in [3.8, 4) is 0 Å². The second-order valence-corrected chi connectivity index (χ2v) is 4.89. The Balaban J connectivity index is 2.38. The number of nitrogens with one attached hydrogen (secondary N) is 2. The highest BCUT2D eigenvalue weighted by Crippen LogP contribution is 2.22. The molecule has 0 aromatic heterocycles. The lowest BCUT2D eigenvalue weighted by Crippen LogP contribution is -2.37. The van der Waals surface area contributed by atoms with E-state index in [1.165, 1.54) is 4.90 Å². The molecule has 1 aliphatic heterocycles. The minimum atomic E-state index is -4.11. The predicted molar refractivity (Wildman–Crippen MR) is 74.8 cm³/mol. The van der Waals surface area contributed by atoms with Gasteiger partial charge in [-0.1, -0.05) is 6.08 Å². The highest BCUT2D eigenvalue weighted by atomic mass is 19.4. The molecule has 0 bridgehead atoms. The summed E-state index contributed by atoms with van der Waals surface area (Å²) in [5.74, 6) is 0.873. The monoisotopic (exact) mass is 292 g/mol. The zero-order valence-electron chi connectivity index (χ0n) is 11.8. The third-order valence-electron chi connectivity index (χ3n) is 3.04. The van der Waals surface area contributed by atoms with Crippen molar-refractivity contribution >= 4 is 5.96 Å². The van der Waals surface area contributed by atoms with E-state index < -0.39 is 12.7 Å². The van der Waals surface area contributed by atoms with Gasteiger partial charge in [0, 0.05) is 26.2 Å². The van der Waals surface area contributed by atoms with Crippen LogP contribution < -0.4 is 10.6 Å². The molecule has 0 radical (unpaired) electrons. The Morgan fingerprint density at radius 2 is 2.20 bits per heavy atom. The molecule has 4 nitrogen and oxygen atoms in total. The molecular formula is C13H23F3N4. The third kappa shape index (κ3) is 6.79. The van der Waals surface area contributed by atoms with Crippen LogP contribution in [0.3, 0.4) is 0 Å². The van der Waals surface area contributed by atoms with Crippen molar-refractivity contribution in [1.29, 1.82) is 0 Å². The van der Waals surface area contributed by atoms with Crippen LogP contribution in [0, 0.1) is 5.92 Å². The van der Waals surface area contributed by atoms with E-state index >= 15 is 0 Å². The molecule has 1 fully saturated rings. The minimum Gasteiger partial charge on any atom is -0.357 e. The third-order valence-corrected chi connectivity index (χ3v) is 3.04. The number of alkyl halides is 3. The van der Waals surface area contributed by atoms with Crippen LogP contribution in [0.2, 0.25) is 0 Å². The van der Waals surface area contributed by atoms with Crippen molar-refractivity contribution in [3.63, 3.8) is 0 Å². The predicted octanol–water partition coefficient (Wildman–Crippen LogP) is 1.61. The number of hydrogen-bond donors (Lipinski definition) is 2. The Labute approximate surface area is 118 Å². The summed E-state index contributed by atoms with van der Waals surface area (Å²) in [5, 5.41) is 6.16. The maximum absolute atomic E-state index is 12.3. The van der Waals surface area contributed by atoms with Gasteiger partial charge in [-0.3, -0.25) is 9.89 Å². The van der Waals surface area contributed by atoms with E-state index in [-0.39, 0.29) is 5.92 Å². The molecule has 1 saturated heterocycles. The molecule has 1 atom stereocenters. The Hall–Kier alpha value is -1.24. The quantitative estimate of drug-likeness (QED) is 0.444. The molecule has 2 N–H and O–H groups in total. The van der Waals surface area contributed by atoms with Gasteiger partial charge < -0.3 is 10.6 Å². The average Bonchev–Trinajstić information content (AvgIpc) is 2.78. The number of hydrogen-bond acceptors (Lipinski definition) is 2. The SMILES string of the molecule is C=CCNC(=NCC1CCN(CC(F)(F)F)C1)NCC. The van der Waals surface area contributed by atoms with Crippen molar-refractivity contribution in [1.82, 2.24) is 15.5 Å². The number of halogens is 3. The number of likely N-dealkylation sites (tertiary alicyclic amines) is 1. The van der Waals surface area contributed by atoms with Crippen molar-refractivity contribution in [2.75, 3.05) is 39.3 Å². The van der Waals surface area contributed by atoms with Crippen LogP contribution in [-0.4, -0.2) is 56.3 Å². The summed E-state index contributed by atoms with van der Waals surface area (Å²) in [6.45, 7) is 7.62. The largest absolute Gasteiger partial charge is 0.401 e. The van der Waals surface area contributed by atoms with E-state index in [2.05, 4.69) is 22.2 Å². The van der Waals surface area contributed by atoms with Gasteiger partial charge in [-0.15, -0.1) is 6.58 Å².